The van der Waals surface area contributed by atoms with Crippen LogP contribution in [0.3, 0.4) is 0 Å². The number of benzene rings is 1. The molecule has 12 nitrogen and oxygen atoms in total. The van der Waals surface area contributed by atoms with Gasteiger partial charge in [-0.2, -0.15) is 0 Å². The smallest absolute Gasteiger partial charge is 0.259 e. The molecular weight excluding hydrogens is 655 g/mol. The van der Waals surface area contributed by atoms with E-state index in [0.717, 1.165) is 36.1 Å². The van der Waals surface area contributed by atoms with E-state index in [1.165, 1.54) is 11.3 Å². The molecule has 2 aromatic heterocycles. The molecule has 4 heterocycles. The highest BCUT2D eigenvalue weighted by Crippen LogP contribution is 2.46. The Balaban J connectivity index is 1.17. The van der Waals surface area contributed by atoms with Crippen molar-refractivity contribution in [1.29, 1.82) is 0 Å². The lowest BCUT2D eigenvalue weighted by atomic mass is 10.1. The quantitative estimate of drug-likeness (QED) is 0.348. The van der Waals surface area contributed by atoms with Gasteiger partial charge in [-0.1, -0.05) is 25.0 Å². The fourth-order valence-corrected chi connectivity index (χ4v) is 8.67. The molecule has 3 amide bonds. The first-order chi connectivity index (χ1) is 23.2. The van der Waals surface area contributed by atoms with Gasteiger partial charge in [0.1, 0.15) is 39.9 Å². The van der Waals surface area contributed by atoms with Gasteiger partial charge >= 0.3 is 0 Å². The number of sulfonamides is 1. The van der Waals surface area contributed by atoms with Crippen molar-refractivity contribution in [2.75, 3.05) is 13.7 Å². The summed E-state index contributed by atoms with van der Waals surface area (Å²) in [7, 11) is -2.23. The van der Waals surface area contributed by atoms with E-state index in [4.69, 9.17) is 14.5 Å². The molecule has 0 bridgehead atoms. The minimum Gasteiger partial charge on any atom is -0.497 e. The summed E-state index contributed by atoms with van der Waals surface area (Å²) in [6.45, 7) is 0.183. The van der Waals surface area contributed by atoms with Crippen LogP contribution in [0.2, 0.25) is 0 Å². The Kier molecular flexibility index (Phi) is 8.88. The maximum absolute atomic E-state index is 14.1. The predicted molar refractivity (Wildman–Crippen MR) is 180 cm³/mol. The maximum atomic E-state index is 14.1. The first kappa shape index (κ1) is 32.5. The van der Waals surface area contributed by atoms with E-state index in [1.54, 1.807) is 18.2 Å². The molecular formula is C34H39N5O7S2. The van der Waals surface area contributed by atoms with Crippen molar-refractivity contribution in [2.45, 2.75) is 87.1 Å². The van der Waals surface area contributed by atoms with E-state index in [0.29, 0.717) is 48.4 Å². The second-order valence-corrected chi connectivity index (χ2v) is 15.9. The van der Waals surface area contributed by atoms with Gasteiger partial charge in [0.05, 0.1) is 24.4 Å². The van der Waals surface area contributed by atoms with E-state index in [-0.39, 0.29) is 31.2 Å². The number of carbonyl (C=O) groups excluding carboxylic acids is 3. The Hall–Kier alpha value is -4.04. The number of methoxy groups -OCH3 is 1. The van der Waals surface area contributed by atoms with Crippen LogP contribution in [-0.2, 0) is 24.4 Å². The van der Waals surface area contributed by atoms with Crippen LogP contribution in [-0.4, -0.2) is 77.6 Å². The van der Waals surface area contributed by atoms with Crippen molar-refractivity contribution in [3.63, 3.8) is 0 Å². The first-order valence-corrected chi connectivity index (χ1v) is 19.0. The molecule has 1 saturated heterocycles. The molecule has 3 fully saturated rings. The normalized spacial score (nSPS) is 27.2. The summed E-state index contributed by atoms with van der Waals surface area (Å²) in [6, 6.07) is 6.45. The number of pyridine rings is 1. The summed E-state index contributed by atoms with van der Waals surface area (Å²) in [4.78, 5) is 52.0. The number of fused-ring (bicyclic) bond motifs is 3. The molecule has 7 rings (SSSR count). The summed E-state index contributed by atoms with van der Waals surface area (Å²) in [5, 5.41) is 5.68. The van der Waals surface area contributed by atoms with Crippen molar-refractivity contribution in [1.82, 2.24) is 24.9 Å². The molecule has 0 radical (unpaired) electrons. The Morgan fingerprint density at radius 3 is 2.75 bits per heavy atom. The highest BCUT2D eigenvalue weighted by atomic mass is 32.2. The first-order valence-electron chi connectivity index (χ1n) is 16.6. The highest BCUT2D eigenvalue weighted by Gasteiger charge is 2.62. The van der Waals surface area contributed by atoms with E-state index < -0.39 is 44.8 Å². The molecule has 2 saturated carbocycles. The number of hydrogen-bond acceptors (Lipinski definition) is 10. The molecule has 48 heavy (non-hydrogen) atoms. The van der Waals surface area contributed by atoms with E-state index >= 15 is 0 Å². The molecule has 4 aliphatic rings. The average Bonchev–Trinajstić information content (AvgIpc) is 3.93. The van der Waals surface area contributed by atoms with E-state index in [1.807, 2.05) is 41.8 Å². The Morgan fingerprint density at radius 2 is 1.98 bits per heavy atom. The Morgan fingerprint density at radius 1 is 1.15 bits per heavy atom. The second kappa shape index (κ2) is 13.1. The average molecular weight is 694 g/mol. The van der Waals surface area contributed by atoms with Gasteiger partial charge in [-0.05, 0) is 50.7 Å². The highest BCUT2D eigenvalue weighted by molar-refractivity contribution is 7.91. The molecule has 3 aromatic rings. The number of nitrogens with zero attached hydrogens (tertiary/aromatic N) is 3. The number of allylic oxidation sites excluding steroid dienone is 1. The standard InChI is InChI=1S/C34H39N5O7S2/c1-45-22-10-13-25-26(16-22)36-27(32-35-14-15-47-32)18-29(25)46-23-17-28-31(41)37-34(33(42)38-48(43,44)24-11-12-24)19-21(34)8-6-4-2-3-5-7-9-30(40)39(28)20-23/h6,8,10,13-16,18,21,23-24,28H,2-5,7,9,11-12,17,19-20H2,1H3,(H,37,41)(H,38,42)/b8-6+. The summed E-state index contributed by atoms with van der Waals surface area (Å²) in [5.74, 6) is -0.526. The maximum Gasteiger partial charge on any atom is 0.259 e. The van der Waals surface area contributed by atoms with Crippen LogP contribution in [0.25, 0.3) is 21.6 Å². The topological polar surface area (TPSA) is 157 Å². The predicted octanol–water partition coefficient (Wildman–Crippen LogP) is 4.11. The molecule has 4 unspecified atom stereocenters. The zero-order valence-electron chi connectivity index (χ0n) is 26.7. The monoisotopic (exact) mass is 693 g/mol. The lowest BCUT2D eigenvalue weighted by Crippen LogP contribution is -2.56. The van der Waals surface area contributed by atoms with E-state index in [9.17, 15) is 22.8 Å². The van der Waals surface area contributed by atoms with Crippen LogP contribution < -0.4 is 19.5 Å². The third kappa shape index (κ3) is 6.64. The van der Waals surface area contributed by atoms with Crippen LogP contribution in [0.4, 0.5) is 0 Å². The van der Waals surface area contributed by atoms with Gasteiger partial charge in [0.2, 0.25) is 21.8 Å². The zero-order valence-corrected chi connectivity index (χ0v) is 28.4. The zero-order chi connectivity index (χ0) is 33.5. The number of aromatic nitrogens is 2. The van der Waals surface area contributed by atoms with Crippen molar-refractivity contribution in [2.24, 2.45) is 5.92 Å². The number of nitrogens with one attached hydrogen (secondary N) is 2. The SMILES string of the molecule is COc1ccc2c(OC3CC4C(=O)NC5(C(=O)NS(=O)(=O)C6CC6)CC5/C=C/CCCCCCC(=O)N4C3)cc(-c3nccs3)nc2c1. The third-order valence-electron chi connectivity index (χ3n) is 9.65. The number of ether oxygens (including phenoxy) is 2. The second-order valence-electron chi connectivity index (χ2n) is 13.1. The third-order valence-corrected chi connectivity index (χ3v) is 12.3. The van der Waals surface area contributed by atoms with Crippen LogP contribution >= 0.6 is 11.3 Å². The van der Waals surface area contributed by atoms with Crippen LogP contribution in [0, 0.1) is 5.92 Å². The van der Waals surface area contributed by atoms with Crippen LogP contribution in [0.1, 0.15) is 64.2 Å². The molecule has 254 valence electrons. The Bertz CT molecular complexity index is 1860. The minimum atomic E-state index is -3.82. The van der Waals surface area contributed by atoms with Gasteiger partial charge < -0.3 is 19.7 Å². The molecule has 4 atom stereocenters. The van der Waals surface area contributed by atoms with Crippen molar-refractivity contribution in [3.8, 4) is 22.2 Å². The van der Waals surface area contributed by atoms with Crippen molar-refractivity contribution < 1.29 is 32.3 Å². The van der Waals surface area contributed by atoms with Gasteiger partial charge in [0.25, 0.3) is 5.91 Å². The van der Waals surface area contributed by atoms with Gasteiger partial charge in [-0.3, -0.25) is 19.1 Å². The molecule has 1 aromatic carbocycles. The van der Waals surface area contributed by atoms with Gasteiger partial charge in [-0.25, -0.2) is 18.4 Å². The molecule has 14 heteroatoms. The number of thiazole rings is 1. The molecule has 2 aliphatic heterocycles. The number of hydrogen-bond donors (Lipinski definition) is 2. The fourth-order valence-electron chi connectivity index (χ4n) is 6.71. The number of carbonyl (C=O) groups is 3. The summed E-state index contributed by atoms with van der Waals surface area (Å²) in [6.07, 6.45) is 11.2. The lowest BCUT2D eigenvalue weighted by molar-refractivity contribution is -0.139. The molecule has 2 aliphatic carbocycles. The minimum absolute atomic E-state index is 0.149. The fraction of sp³-hybridized carbons (Fsp3) is 0.500. The van der Waals surface area contributed by atoms with Crippen molar-refractivity contribution >= 4 is 50.0 Å². The van der Waals surface area contributed by atoms with Crippen LogP contribution in [0.5, 0.6) is 11.5 Å². The van der Waals surface area contributed by atoms with E-state index in [2.05, 4.69) is 15.0 Å². The summed E-state index contributed by atoms with van der Waals surface area (Å²) >= 11 is 1.45. The molecule has 0 spiro atoms. The molecule has 2 N–H and O–H groups in total. The summed E-state index contributed by atoms with van der Waals surface area (Å²) in [5.41, 5.74) is -0.114. The van der Waals surface area contributed by atoms with Gasteiger partial charge in [-0.15, -0.1) is 11.3 Å². The lowest BCUT2D eigenvalue weighted by Gasteiger charge is -2.26. The van der Waals surface area contributed by atoms with Gasteiger partial charge in [0.15, 0.2) is 0 Å². The summed E-state index contributed by atoms with van der Waals surface area (Å²) < 4.78 is 39.7. The number of amides is 3. The van der Waals surface area contributed by atoms with Crippen molar-refractivity contribution in [3.05, 3.63) is 48.0 Å². The number of rotatable bonds is 7. The largest absolute Gasteiger partial charge is 0.497 e. The van der Waals surface area contributed by atoms with Gasteiger partial charge in [0, 0.05) is 47.9 Å². The Labute approximate surface area is 283 Å². The van der Waals surface area contributed by atoms with Crippen LogP contribution in [0.15, 0.2) is 48.0 Å².